The molecule has 0 radical (unpaired) electrons. The minimum Gasteiger partial charge on any atom is -0.497 e. The maximum absolute atomic E-state index is 5.27. The third-order valence-electron chi connectivity index (χ3n) is 2.91. The molecule has 2 aromatic rings. The highest BCUT2D eigenvalue weighted by molar-refractivity contribution is 7.15. The Morgan fingerprint density at radius 3 is 2.85 bits per heavy atom. The van der Waals surface area contributed by atoms with Crippen LogP contribution < -0.4 is 10.1 Å². The summed E-state index contributed by atoms with van der Waals surface area (Å²) in [6.45, 7) is 4.41. The lowest BCUT2D eigenvalue weighted by Gasteiger charge is -2.01. The maximum Gasteiger partial charge on any atom is 0.124 e. The van der Waals surface area contributed by atoms with Gasteiger partial charge < -0.3 is 14.8 Å². The Morgan fingerprint density at radius 1 is 1.30 bits per heavy atom. The van der Waals surface area contributed by atoms with Crippen molar-refractivity contribution in [3.8, 4) is 16.3 Å². The molecule has 2 rings (SSSR count). The molecule has 0 amide bonds. The number of benzene rings is 1. The molecule has 1 N–H and O–H groups in total. The average Bonchev–Trinajstić information content (AvgIpc) is 2.89. The second-order valence-corrected chi connectivity index (χ2v) is 5.42. The van der Waals surface area contributed by atoms with Crippen molar-refractivity contribution in [2.45, 2.75) is 20.1 Å². The van der Waals surface area contributed by atoms with Gasteiger partial charge in [-0.05, 0) is 18.7 Å². The van der Waals surface area contributed by atoms with Crippen molar-refractivity contribution in [2.24, 2.45) is 0 Å². The molecule has 108 valence electrons. The topological polar surface area (TPSA) is 43.4 Å². The maximum atomic E-state index is 5.27. The van der Waals surface area contributed by atoms with Crippen LogP contribution in [0.3, 0.4) is 0 Å². The first kappa shape index (κ1) is 15.0. The largest absolute Gasteiger partial charge is 0.497 e. The minimum atomic E-state index is 0.543. The molecule has 0 unspecified atom stereocenters. The highest BCUT2D eigenvalue weighted by Crippen LogP contribution is 2.30. The van der Waals surface area contributed by atoms with E-state index in [1.54, 1.807) is 25.6 Å². The van der Waals surface area contributed by atoms with Gasteiger partial charge in [-0.25, -0.2) is 4.98 Å². The van der Waals surface area contributed by atoms with Crippen LogP contribution in [-0.2, 0) is 17.9 Å². The lowest BCUT2D eigenvalue weighted by Crippen LogP contribution is -2.12. The summed E-state index contributed by atoms with van der Waals surface area (Å²) >= 11 is 1.70. The quantitative estimate of drug-likeness (QED) is 0.851. The fraction of sp³-hybridized carbons (Fsp3) is 0.400. The van der Waals surface area contributed by atoms with Crippen LogP contribution in [-0.4, -0.2) is 25.7 Å². The predicted octanol–water partition coefficient (Wildman–Crippen LogP) is 3.07. The van der Waals surface area contributed by atoms with Gasteiger partial charge in [0.1, 0.15) is 10.8 Å². The van der Waals surface area contributed by atoms with Gasteiger partial charge in [0.25, 0.3) is 0 Å². The number of nitrogens with zero attached hydrogens (tertiary/aromatic N) is 1. The molecule has 1 aromatic carbocycles. The molecule has 0 saturated heterocycles. The third kappa shape index (κ3) is 3.56. The summed E-state index contributed by atoms with van der Waals surface area (Å²) < 4.78 is 10.5. The normalized spacial score (nSPS) is 10.8. The SMILES string of the molecule is CCNCc1sc(-c2cccc(OC)c2)nc1COC. The van der Waals surface area contributed by atoms with E-state index >= 15 is 0 Å². The molecule has 0 aliphatic rings. The van der Waals surface area contributed by atoms with E-state index < -0.39 is 0 Å². The first-order chi connectivity index (χ1) is 9.78. The molecular formula is C15H20N2O2S. The fourth-order valence-corrected chi connectivity index (χ4v) is 2.92. The van der Waals surface area contributed by atoms with E-state index in [1.807, 2.05) is 18.2 Å². The number of methoxy groups -OCH3 is 2. The number of hydrogen-bond donors (Lipinski definition) is 1. The average molecular weight is 292 g/mol. The number of nitrogens with one attached hydrogen (secondary N) is 1. The van der Waals surface area contributed by atoms with E-state index in [2.05, 4.69) is 18.3 Å². The molecule has 4 nitrogen and oxygen atoms in total. The van der Waals surface area contributed by atoms with Crippen LogP contribution >= 0.6 is 11.3 Å². The number of rotatable bonds is 7. The number of hydrogen-bond acceptors (Lipinski definition) is 5. The number of aromatic nitrogens is 1. The molecule has 0 atom stereocenters. The number of thiazole rings is 1. The summed E-state index contributed by atoms with van der Waals surface area (Å²) in [6.07, 6.45) is 0. The molecule has 20 heavy (non-hydrogen) atoms. The zero-order valence-electron chi connectivity index (χ0n) is 12.1. The highest BCUT2D eigenvalue weighted by atomic mass is 32.1. The summed E-state index contributed by atoms with van der Waals surface area (Å²) in [4.78, 5) is 5.92. The van der Waals surface area contributed by atoms with E-state index in [0.717, 1.165) is 35.1 Å². The molecule has 0 spiro atoms. The predicted molar refractivity (Wildman–Crippen MR) is 82.2 cm³/mol. The van der Waals surface area contributed by atoms with E-state index in [4.69, 9.17) is 14.5 Å². The van der Waals surface area contributed by atoms with Gasteiger partial charge in [0, 0.05) is 24.1 Å². The summed E-state index contributed by atoms with van der Waals surface area (Å²) in [7, 11) is 3.37. The smallest absolute Gasteiger partial charge is 0.124 e. The van der Waals surface area contributed by atoms with Gasteiger partial charge in [-0.2, -0.15) is 0 Å². The zero-order chi connectivity index (χ0) is 14.4. The van der Waals surface area contributed by atoms with Crippen molar-refractivity contribution < 1.29 is 9.47 Å². The molecule has 1 heterocycles. The lowest BCUT2D eigenvalue weighted by atomic mass is 10.2. The van der Waals surface area contributed by atoms with Gasteiger partial charge in [0.15, 0.2) is 0 Å². The first-order valence-corrected chi connectivity index (χ1v) is 7.42. The van der Waals surface area contributed by atoms with Crippen molar-refractivity contribution in [1.29, 1.82) is 0 Å². The summed E-state index contributed by atoms with van der Waals surface area (Å²) in [5.41, 5.74) is 2.09. The first-order valence-electron chi connectivity index (χ1n) is 6.61. The standard InChI is InChI=1S/C15H20N2O2S/c1-4-16-9-14-13(10-18-2)17-15(20-14)11-6-5-7-12(8-11)19-3/h5-8,16H,4,9-10H2,1-3H3. The summed E-state index contributed by atoms with van der Waals surface area (Å²) in [6, 6.07) is 7.98. The Morgan fingerprint density at radius 2 is 2.15 bits per heavy atom. The van der Waals surface area contributed by atoms with Gasteiger partial charge in [0.05, 0.1) is 19.4 Å². The van der Waals surface area contributed by atoms with Crippen LogP contribution in [0.1, 0.15) is 17.5 Å². The van der Waals surface area contributed by atoms with Gasteiger partial charge in [-0.3, -0.25) is 0 Å². The molecule has 1 aromatic heterocycles. The molecule has 0 fully saturated rings. The van der Waals surface area contributed by atoms with Gasteiger partial charge in [-0.1, -0.05) is 19.1 Å². The third-order valence-corrected chi connectivity index (χ3v) is 4.06. The molecule has 0 aliphatic carbocycles. The molecule has 0 saturated carbocycles. The van der Waals surface area contributed by atoms with Crippen LogP contribution in [0.15, 0.2) is 24.3 Å². The van der Waals surface area contributed by atoms with Crippen molar-refractivity contribution in [3.63, 3.8) is 0 Å². The second-order valence-electron chi connectivity index (χ2n) is 4.33. The summed E-state index contributed by atoms with van der Waals surface area (Å²) in [5, 5.41) is 4.34. The Hall–Kier alpha value is -1.43. The lowest BCUT2D eigenvalue weighted by molar-refractivity contribution is 0.181. The Kier molecular flexibility index (Phi) is 5.52. The molecule has 5 heteroatoms. The van der Waals surface area contributed by atoms with Crippen LogP contribution in [0, 0.1) is 0 Å². The molecule has 0 bridgehead atoms. The van der Waals surface area contributed by atoms with Crippen LogP contribution in [0.2, 0.25) is 0 Å². The fourth-order valence-electron chi connectivity index (χ4n) is 1.89. The van der Waals surface area contributed by atoms with Crippen molar-refractivity contribution >= 4 is 11.3 Å². The second kappa shape index (κ2) is 7.38. The molecule has 0 aliphatic heterocycles. The monoisotopic (exact) mass is 292 g/mol. The zero-order valence-corrected chi connectivity index (χ0v) is 12.9. The molecular weight excluding hydrogens is 272 g/mol. The van der Waals surface area contributed by atoms with E-state index in [-0.39, 0.29) is 0 Å². The highest BCUT2D eigenvalue weighted by Gasteiger charge is 2.12. The van der Waals surface area contributed by atoms with Crippen molar-refractivity contribution in [3.05, 3.63) is 34.8 Å². The summed E-state index contributed by atoms with van der Waals surface area (Å²) in [5.74, 6) is 0.847. The Balaban J connectivity index is 2.30. The van der Waals surface area contributed by atoms with E-state index in [1.165, 1.54) is 4.88 Å². The van der Waals surface area contributed by atoms with Gasteiger partial charge in [0.2, 0.25) is 0 Å². The van der Waals surface area contributed by atoms with E-state index in [9.17, 15) is 0 Å². The van der Waals surface area contributed by atoms with Gasteiger partial charge in [-0.15, -0.1) is 11.3 Å². The van der Waals surface area contributed by atoms with Gasteiger partial charge >= 0.3 is 0 Å². The Labute approximate surface area is 123 Å². The van der Waals surface area contributed by atoms with Crippen LogP contribution in [0.5, 0.6) is 5.75 Å². The van der Waals surface area contributed by atoms with Crippen molar-refractivity contribution in [2.75, 3.05) is 20.8 Å². The minimum absolute atomic E-state index is 0.543. The van der Waals surface area contributed by atoms with Crippen LogP contribution in [0.4, 0.5) is 0 Å². The Bertz CT molecular complexity index is 555. The van der Waals surface area contributed by atoms with Crippen molar-refractivity contribution in [1.82, 2.24) is 10.3 Å². The van der Waals surface area contributed by atoms with E-state index in [0.29, 0.717) is 6.61 Å². The number of ether oxygens (including phenoxy) is 2. The van der Waals surface area contributed by atoms with Crippen LogP contribution in [0.25, 0.3) is 10.6 Å².